The van der Waals surface area contributed by atoms with Crippen LogP contribution in [-0.2, 0) is 17.8 Å². The van der Waals surface area contributed by atoms with Crippen molar-refractivity contribution in [2.75, 3.05) is 13.7 Å². The summed E-state index contributed by atoms with van der Waals surface area (Å²) in [4.78, 5) is 23.7. The number of rotatable bonds is 3. The molecule has 4 rings (SSSR count). The summed E-state index contributed by atoms with van der Waals surface area (Å²) in [7, 11) is 1.78. The molecule has 27 heavy (non-hydrogen) atoms. The molecule has 2 aromatic carbocycles. The van der Waals surface area contributed by atoms with E-state index in [2.05, 4.69) is 9.97 Å². The summed E-state index contributed by atoms with van der Waals surface area (Å²) in [5, 5.41) is 1.68. The molecule has 5 nitrogen and oxygen atoms in total. The molecule has 0 saturated heterocycles. The first-order valence-electron chi connectivity index (χ1n) is 8.90. The van der Waals surface area contributed by atoms with Crippen LogP contribution in [0.2, 0.25) is 5.02 Å². The van der Waals surface area contributed by atoms with Crippen molar-refractivity contribution < 1.29 is 9.53 Å². The molecule has 1 aromatic heterocycles. The van der Waals surface area contributed by atoms with Crippen molar-refractivity contribution in [1.82, 2.24) is 14.9 Å². The molecule has 6 heteroatoms. The summed E-state index contributed by atoms with van der Waals surface area (Å²) in [5.41, 5.74) is 2.78. The fourth-order valence-corrected chi connectivity index (χ4v) is 3.68. The molecule has 0 spiro atoms. The fraction of sp³-hybridized carbons (Fsp3) is 0.286. The molecule has 1 aliphatic rings. The average Bonchev–Trinajstić information content (AvgIpc) is 2.66. The van der Waals surface area contributed by atoms with E-state index in [9.17, 15) is 4.79 Å². The molecule has 0 bridgehead atoms. The van der Waals surface area contributed by atoms with Crippen LogP contribution in [0.25, 0.3) is 10.9 Å². The number of aryl methyl sites for hydroxylation is 1. The Hall–Kier alpha value is -2.66. The lowest BCUT2D eigenvalue weighted by molar-refractivity contribution is -0.136. The first-order valence-corrected chi connectivity index (χ1v) is 9.27. The quantitative estimate of drug-likeness (QED) is 0.692. The van der Waals surface area contributed by atoms with Gasteiger partial charge in [0.05, 0.1) is 18.0 Å². The van der Waals surface area contributed by atoms with Gasteiger partial charge < -0.3 is 9.64 Å². The van der Waals surface area contributed by atoms with Gasteiger partial charge >= 0.3 is 0 Å². The van der Waals surface area contributed by atoms with Gasteiger partial charge in [-0.3, -0.25) is 4.79 Å². The molecular formula is C21H20ClN3O2. The van der Waals surface area contributed by atoms with Gasteiger partial charge in [0.1, 0.15) is 18.2 Å². The summed E-state index contributed by atoms with van der Waals surface area (Å²) < 4.78 is 5.75. The Bertz CT molecular complexity index is 1020. The minimum absolute atomic E-state index is 0.0232. The molecule has 0 saturated carbocycles. The van der Waals surface area contributed by atoms with Gasteiger partial charge in [0.2, 0.25) is 5.91 Å². The van der Waals surface area contributed by atoms with Crippen molar-refractivity contribution in [3.63, 3.8) is 0 Å². The Morgan fingerprint density at radius 2 is 2.07 bits per heavy atom. The van der Waals surface area contributed by atoms with E-state index >= 15 is 0 Å². The maximum absolute atomic E-state index is 12.9. The number of hydrogen-bond acceptors (Lipinski definition) is 4. The molecule has 0 radical (unpaired) electrons. The maximum Gasteiger partial charge on any atom is 0.229 e. The monoisotopic (exact) mass is 381 g/mol. The highest BCUT2D eigenvalue weighted by Gasteiger charge is 2.28. The predicted molar refractivity (Wildman–Crippen MR) is 105 cm³/mol. The van der Waals surface area contributed by atoms with E-state index in [0.29, 0.717) is 30.4 Å². The highest BCUT2D eigenvalue weighted by atomic mass is 35.5. The number of amides is 1. The number of nitrogens with zero attached hydrogens (tertiary/aromatic N) is 3. The van der Waals surface area contributed by atoms with Gasteiger partial charge in [0.15, 0.2) is 0 Å². The van der Waals surface area contributed by atoms with Crippen LogP contribution in [0.3, 0.4) is 0 Å². The summed E-state index contributed by atoms with van der Waals surface area (Å²) in [6.45, 7) is 2.70. The minimum atomic E-state index is -0.234. The van der Waals surface area contributed by atoms with E-state index in [1.165, 1.54) is 0 Å². The maximum atomic E-state index is 12.9. The van der Waals surface area contributed by atoms with E-state index in [4.69, 9.17) is 16.3 Å². The molecule has 1 unspecified atom stereocenters. The third-order valence-corrected chi connectivity index (χ3v) is 5.11. The number of halogens is 1. The van der Waals surface area contributed by atoms with Gasteiger partial charge in [-0.05, 0) is 43.2 Å². The highest BCUT2D eigenvalue weighted by molar-refractivity contribution is 6.30. The molecule has 1 atom stereocenters. The summed E-state index contributed by atoms with van der Waals surface area (Å²) in [5.74, 6) is 1.24. The Kier molecular flexibility index (Phi) is 4.70. The number of carbonyl (C=O) groups excluding carboxylic acids is 1. The average molecular weight is 382 g/mol. The normalized spacial score (nSPS) is 15.9. The second kappa shape index (κ2) is 7.16. The van der Waals surface area contributed by atoms with Crippen LogP contribution in [0.5, 0.6) is 5.75 Å². The third-order valence-electron chi connectivity index (χ3n) is 4.87. The largest absolute Gasteiger partial charge is 0.492 e. The van der Waals surface area contributed by atoms with E-state index < -0.39 is 0 Å². The van der Waals surface area contributed by atoms with Crippen molar-refractivity contribution in [1.29, 1.82) is 0 Å². The zero-order valence-corrected chi connectivity index (χ0v) is 16.0. The second-order valence-corrected chi connectivity index (χ2v) is 7.34. The number of hydrogen-bond donors (Lipinski definition) is 0. The van der Waals surface area contributed by atoms with Gasteiger partial charge in [-0.1, -0.05) is 29.8 Å². The number of benzene rings is 2. The Morgan fingerprint density at radius 3 is 2.93 bits per heavy atom. The summed E-state index contributed by atoms with van der Waals surface area (Å²) >= 11 is 6.07. The van der Waals surface area contributed by atoms with Crippen molar-refractivity contribution in [3.05, 3.63) is 64.6 Å². The molecular weight excluding hydrogens is 362 g/mol. The summed E-state index contributed by atoms with van der Waals surface area (Å²) in [6.07, 6.45) is 0.622. The smallest absolute Gasteiger partial charge is 0.229 e. The molecule has 3 aromatic rings. The van der Waals surface area contributed by atoms with E-state index in [-0.39, 0.29) is 11.8 Å². The van der Waals surface area contributed by atoms with Gasteiger partial charge in [0, 0.05) is 23.2 Å². The first-order chi connectivity index (χ1) is 13.0. The lowest BCUT2D eigenvalue weighted by atomic mass is 9.95. The van der Waals surface area contributed by atoms with Gasteiger partial charge in [-0.15, -0.1) is 0 Å². The number of fused-ring (bicyclic) bond motifs is 2. The molecule has 0 aliphatic carbocycles. The van der Waals surface area contributed by atoms with Crippen LogP contribution in [-0.4, -0.2) is 34.4 Å². The number of aromatic nitrogens is 2. The Morgan fingerprint density at radius 1 is 1.26 bits per heavy atom. The molecule has 138 valence electrons. The van der Waals surface area contributed by atoms with Gasteiger partial charge in [-0.25, -0.2) is 9.97 Å². The molecule has 2 heterocycles. The minimum Gasteiger partial charge on any atom is -0.492 e. The van der Waals surface area contributed by atoms with E-state index in [1.54, 1.807) is 18.0 Å². The van der Waals surface area contributed by atoms with E-state index in [1.807, 2.05) is 43.3 Å². The molecule has 0 fully saturated rings. The van der Waals surface area contributed by atoms with E-state index in [0.717, 1.165) is 27.9 Å². The lowest BCUT2D eigenvalue weighted by Gasteiger charge is -2.28. The fourth-order valence-electron chi connectivity index (χ4n) is 3.49. The topological polar surface area (TPSA) is 55.3 Å². The van der Waals surface area contributed by atoms with Crippen molar-refractivity contribution in [2.24, 2.45) is 5.92 Å². The Balaban J connectivity index is 1.50. The van der Waals surface area contributed by atoms with Crippen molar-refractivity contribution in [3.8, 4) is 5.75 Å². The van der Waals surface area contributed by atoms with Crippen LogP contribution < -0.4 is 4.74 Å². The lowest BCUT2D eigenvalue weighted by Crippen LogP contribution is -2.38. The zero-order valence-electron chi connectivity index (χ0n) is 15.3. The van der Waals surface area contributed by atoms with Gasteiger partial charge in [0.25, 0.3) is 0 Å². The first kappa shape index (κ1) is 17.7. The zero-order chi connectivity index (χ0) is 19.0. The standard InChI is InChI=1S/C21H20ClN3O2/c1-13-17-5-3-4-6-18(17)24-20(23-13)11-25(2)21(26)15-9-14-10-16(22)7-8-19(14)27-12-15/h3-8,10,15H,9,11-12H2,1-2H3. The number of ether oxygens (including phenoxy) is 1. The van der Waals surface area contributed by atoms with Crippen molar-refractivity contribution >= 4 is 28.4 Å². The van der Waals surface area contributed by atoms with Crippen molar-refractivity contribution in [2.45, 2.75) is 19.9 Å². The van der Waals surface area contributed by atoms with Crippen LogP contribution in [0, 0.1) is 12.8 Å². The second-order valence-electron chi connectivity index (χ2n) is 6.90. The molecule has 1 amide bonds. The summed E-state index contributed by atoms with van der Waals surface area (Å²) in [6, 6.07) is 13.4. The predicted octanol–water partition coefficient (Wildman–Crippen LogP) is 3.80. The Labute approximate surface area is 162 Å². The number of para-hydroxylation sites is 1. The van der Waals surface area contributed by atoms with Crippen LogP contribution in [0.15, 0.2) is 42.5 Å². The van der Waals surface area contributed by atoms with Gasteiger partial charge in [-0.2, -0.15) is 0 Å². The van der Waals surface area contributed by atoms with Crippen LogP contribution >= 0.6 is 11.6 Å². The third kappa shape index (κ3) is 3.60. The highest BCUT2D eigenvalue weighted by Crippen LogP contribution is 2.30. The number of carbonyl (C=O) groups is 1. The van der Waals surface area contributed by atoms with Crippen LogP contribution in [0.1, 0.15) is 17.1 Å². The van der Waals surface area contributed by atoms with Crippen LogP contribution in [0.4, 0.5) is 0 Å². The molecule has 1 aliphatic heterocycles. The SMILES string of the molecule is Cc1nc(CN(C)C(=O)C2COc3ccc(Cl)cc3C2)nc2ccccc12. The molecule has 0 N–H and O–H groups in total.